The summed E-state index contributed by atoms with van der Waals surface area (Å²) in [6.45, 7) is -0.371. The molecule has 3 amide bonds. The molecule has 1 saturated carbocycles. The third-order valence-electron chi connectivity index (χ3n) is 5.41. The summed E-state index contributed by atoms with van der Waals surface area (Å²) in [6, 6.07) is 7.65. The third kappa shape index (κ3) is 4.12. The molecule has 0 unspecified atom stereocenters. The summed E-state index contributed by atoms with van der Waals surface area (Å²) in [6.07, 6.45) is 6.70. The van der Waals surface area contributed by atoms with Crippen LogP contribution in [0.3, 0.4) is 0 Å². The number of hydrogen-bond acceptors (Lipinski definition) is 6. The van der Waals surface area contributed by atoms with Crippen molar-refractivity contribution in [3.05, 3.63) is 59.0 Å². The molecule has 2 aliphatic rings. The monoisotopic (exact) mass is 410 g/mol. The summed E-state index contributed by atoms with van der Waals surface area (Å²) in [5.41, 5.74) is 0.464. The van der Waals surface area contributed by atoms with Gasteiger partial charge in [-0.15, -0.1) is 0 Å². The minimum atomic E-state index is -0.721. The van der Waals surface area contributed by atoms with Gasteiger partial charge in [0.1, 0.15) is 5.76 Å². The number of carbonyl (C=O) groups excluding carboxylic acids is 4. The van der Waals surface area contributed by atoms with E-state index < -0.39 is 17.8 Å². The standard InChI is InChI=1S/C22H22N2O6/c25-19(23-15-5-2-1-3-6-15)13-30-22(28)14-8-9-17-18(11-14)21(27)24(20(17)26)12-16-7-4-10-29-16/h4,7-11,15H,1-3,5-6,12-13H2,(H,23,25). The molecule has 0 radical (unpaired) electrons. The molecule has 0 saturated heterocycles. The number of esters is 1. The number of hydrogen-bond donors (Lipinski definition) is 1. The third-order valence-corrected chi connectivity index (χ3v) is 5.41. The molecule has 2 heterocycles. The second-order valence-electron chi connectivity index (χ2n) is 7.51. The lowest BCUT2D eigenvalue weighted by molar-refractivity contribution is -0.125. The average Bonchev–Trinajstić information content (AvgIpc) is 3.35. The summed E-state index contributed by atoms with van der Waals surface area (Å²) in [5, 5.41) is 2.88. The van der Waals surface area contributed by atoms with Gasteiger partial charge in [0.15, 0.2) is 6.61 Å². The molecule has 1 aliphatic heterocycles. The molecule has 0 spiro atoms. The van der Waals surface area contributed by atoms with Gasteiger partial charge in [-0.3, -0.25) is 19.3 Å². The molecule has 4 rings (SSSR count). The van der Waals surface area contributed by atoms with Gasteiger partial charge < -0.3 is 14.5 Å². The van der Waals surface area contributed by atoms with Crippen LogP contribution >= 0.6 is 0 Å². The maximum atomic E-state index is 12.6. The van der Waals surface area contributed by atoms with E-state index in [0.717, 1.165) is 30.6 Å². The van der Waals surface area contributed by atoms with Crippen LogP contribution in [-0.4, -0.2) is 41.2 Å². The Labute approximate surface area is 173 Å². The Morgan fingerprint density at radius 2 is 1.83 bits per heavy atom. The zero-order valence-corrected chi connectivity index (χ0v) is 16.4. The van der Waals surface area contributed by atoms with E-state index in [2.05, 4.69) is 5.32 Å². The minimum Gasteiger partial charge on any atom is -0.467 e. The van der Waals surface area contributed by atoms with Crippen LogP contribution in [0.1, 0.15) is 68.9 Å². The molecule has 1 aromatic carbocycles. The second-order valence-corrected chi connectivity index (χ2v) is 7.51. The van der Waals surface area contributed by atoms with E-state index in [0.29, 0.717) is 5.76 Å². The number of fused-ring (bicyclic) bond motifs is 1. The fraction of sp³-hybridized carbons (Fsp3) is 0.364. The molecule has 1 aliphatic carbocycles. The Bertz CT molecular complexity index is 976. The normalized spacial score (nSPS) is 16.5. The number of carbonyl (C=O) groups is 4. The van der Waals surface area contributed by atoms with Crippen LogP contribution in [0.2, 0.25) is 0 Å². The molecule has 156 valence electrons. The topological polar surface area (TPSA) is 106 Å². The van der Waals surface area contributed by atoms with E-state index in [1.807, 2.05) is 0 Å². The Hall–Kier alpha value is -3.42. The van der Waals surface area contributed by atoms with E-state index >= 15 is 0 Å². The van der Waals surface area contributed by atoms with E-state index in [4.69, 9.17) is 9.15 Å². The van der Waals surface area contributed by atoms with Crippen molar-refractivity contribution in [3.63, 3.8) is 0 Å². The molecule has 30 heavy (non-hydrogen) atoms. The first-order valence-electron chi connectivity index (χ1n) is 10.0. The summed E-state index contributed by atoms with van der Waals surface area (Å²) in [5.74, 6) is -1.53. The van der Waals surface area contributed by atoms with Crippen molar-refractivity contribution < 1.29 is 28.3 Å². The highest BCUT2D eigenvalue weighted by atomic mass is 16.5. The van der Waals surface area contributed by atoms with Crippen molar-refractivity contribution in [1.82, 2.24) is 10.2 Å². The smallest absolute Gasteiger partial charge is 0.338 e. The van der Waals surface area contributed by atoms with Crippen molar-refractivity contribution in [1.29, 1.82) is 0 Å². The Balaban J connectivity index is 1.38. The van der Waals surface area contributed by atoms with Gasteiger partial charge >= 0.3 is 5.97 Å². The second kappa shape index (κ2) is 8.52. The molecule has 8 heteroatoms. The predicted molar refractivity (Wildman–Crippen MR) is 105 cm³/mol. The van der Waals surface area contributed by atoms with Crippen LogP contribution in [0.5, 0.6) is 0 Å². The molecular formula is C22H22N2O6. The number of furan rings is 1. The first-order valence-corrected chi connectivity index (χ1v) is 10.0. The molecule has 8 nitrogen and oxygen atoms in total. The number of imide groups is 1. The van der Waals surface area contributed by atoms with E-state index in [1.165, 1.54) is 30.9 Å². The molecular weight excluding hydrogens is 388 g/mol. The van der Waals surface area contributed by atoms with Crippen molar-refractivity contribution in [2.24, 2.45) is 0 Å². The van der Waals surface area contributed by atoms with E-state index in [9.17, 15) is 19.2 Å². The molecule has 1 fully saturated rings. The number of nitrogens with one attached hydrogen (secondary N) is 1. The van der Waals surface area contributed by atoms with Crippen LogP contribution in [0.15, 0.2) is 41.0 Å². The van der Waals surface area contributed by atoms with E-state index in [-0.39, 0.29) is 41.8 Å². The maximum Gasteiger partial charge on any atom is 0.338 e. The van der Waals surface area contributed by atoms with Crippen LogP contribution in [0, 0.1) is 0 Å². The SMILES string of the molecule is O=C(COC(=O)c1ccc2c(c1)C(=O)N(Cc1ccco1)C2=O)NC1CCCCC1. The summed E-state index contributed by atoms with van der Waals surface area (Å²) >= 11 is 0. The molecule has 2 aromatic rings. The van der Waals surface area contributed by atoms with Crippen LogP contribution in [-0.2, 0) is 16.1 Å². The number of amides is 3. The van der Waals surface area contributed by atoms with Crippen molar-refractivity contribution in [2.75, 3.05) is 6.61 Å². The zero-order chi connectivity index (χ0) is 21.1. The van der Waals surface area contributed by atoms with Gasteiger partial charge in [-0.1, -0.05) is 19.3 Å². The summed E-state index contributed by atoms with van der Waals surface area (Å²) in [4.78, 5) is 50.6. The van der Waals surface area contributed by atoms with Crippen LogP contribution in [0.4, 0.5) is 0 Å². The summed E-state index contributed by atoms with van der Waals surface area (Å²) < 4.78 is 10.3. The number of nitrogens with zero attached hydrogens (tertiary/aromatic N) is 1. The number of benzene rings is 1. The van der Waals surface area contributed by atoms with Gasteiger partial charge in [0, 0.05) is 6.04 Å². The maximum absolute atomic E-state index is 12.6. The lowest BCUT2D eigenvalue weighted by atomic mass is 9.95. The van der Waals surface area contributed by atoms with Gasteiger partial charge in [0.25, 0.3) is 17.7 Å². The van der Waals surface area contributed by atoms with Gasteiger partial charge in [-0.2, -0.15) is 0 Å². The van der Waals surface area contributed by atoms with Crippen LogP contribution < -0.4 is 5.32 Å². The van der Waals surface area contributed by atoms with Crippen molar-refractivity contribution in [2.45, 2.75) is 44.7 Å². The van der Waals surface area contributed by atoms with Crippen molar-refractivity contribution in [3.8, 4) is 0 Å². The summed E-state index contributed by atoms with van der Waals surface area (Å²) in [7, 11) is 0. The fourth-order valence-corrected chi connectivity index (χ4v) is 3.85. The predicted octanol–water partition coefficient (Wildman–Crippen LogP) is 2.68. The highest BCUT2D eigenvalue weighted by molar-refractivity contribution is 6.21. The lowest BCUT2D eigenvalue weighted by Gasteiger charge is -2.22. The first kappa shape index (κ1) is 19.9. The Kier molecular flexibility index (Phi) is 5.65. The van der Waals surface area contributed by atoms with Gasteiger partial charge in [-0.25, -0.2) is 4.79 Å². The molecule has 1 aromatic heterocycles. The molecule has 1 N–H and O–H groups in total. The molecule has 0 atom stereocenters. The van der Waals surface area contributed by atoms with Gasteiger partial charge in [0.2, 0.25) is 0 Å². The van der Waals surface area contributed by atoms with Crippen LogP contribution in [0.25, 0.3) is 0 Å². The fourth-order valence-electron chi connectivity index (χ4n) is 3.85. The van der Waals surface area contributed by atoms with E-state index in [1.54, 1.807) is 12.1 Å². The highest BCUT2D eigenvalue weighted by Gasteiger charge is 2.36. The van der Waals surface area contributed by atoms with Crippen molar-refractivity contribution >= 4 is 23.7 Å². The Morgan fingerprint density at radius 1 is 1.07 bits per heavy atom. The zero-order valence-electron chi connectivity index (χ0n) is 16.4. The number of rotatable bonds is 6. The molecule has 0 bridgehead atoms. The first-order chi connectivity index (χ1) is 14.5. The number of ether oxygens (including phenoxy) is 1. The average molecular weight is 410 g/mol. The lowest BCUT2D eigenvalue weighted by Crippen LogP contribution is -2.38. The van der Waals surface area contributed by atoms with Gasteiger partial charge in [0.05, 0.1) is 29.5 Å². The van der Waals surface area contributed by atoms with Gasteiger partial charge in [-0.05, 0) is 43.2 Å². The highest BCUT2D eigenvalue weighted by Crippen LogP contribution is 2.26. The largest absolute Gasteiger partial charge is 0.467 e. The minimum absolute atomic E-state index is 0.0143. The Morgan fingerprint density at radius 3 is 2.57 bits per heavy atom. The quantitative estimate of drug-likeness (QED) is 0.580.